The number of nitrogens with zero attached hydrogens (tertiary/aromatic N) is 3. The minimum atomic E-state index is -4.64. The molecule has 2 heterocycles. The van der Waals surface area contributed by atoms with E-state index < -0.39 is 22.7 Å². The van der Waals surface area contributed by atoms with Crippen molar-refractivity contribution in [3.8, 4) is 6.07 Å². The third-order valence-corrected chi connectivity index (χ3v) is 7.48. The lowest BCUT2D eigenvalue weighted by atomic mass is 9.70. The number of urea groups is 1. The minimum Gasteiger partial charge on any atom is -0.370 e. The summed E-state index contributed by atoms with van der Waals surface area (Å²) in [5.41, 5.74) is -1.46. The maximum absolute atomic E-state index is 13.6. The number of nitrogens with one attached hydrogen (secondary N) is 2. The number of hydrogen-bond donors (Lipinski definition) is 2. The van der Waals surface area contributed by atoms with E-state index in [4.69, 9.17) is 5.26 Å². The van der Waals surface area contributed by atoms with Crippen molar-refractivity contribution in [1.82, 2.24) is 15.5 Å². The van der Waals surface area contributed by atoms with Gasteiger partial charge in [0.1, 0.15) is 0 Å². The van der Waals surface area contributed by atoms with Crippen LogP contribution in [0.15, 0.2) is 18.2 Å². The van der Waals surface area contributed by atoms with Gasteiger partial charge in [0.05, 0.1) is 23.1 Å². The van der Waals surface area contributed by atoms with Gasteiger partial charge in [-0.2, -0.15) is 18.4 Å². The van der Waals surface area contributed by atoms with Crippen LogP contribution in [0.4, 0.5) is 23.7 Å². The summed E-state index contributed by atoms with van der Waals surface area (Å²) in [5, 5.41) is 15.1. The second-order valence-electron chi connectivity index (χ2n) is 10.4. The van der Waals surface area contributed by atoms with Crippen LogP contribution >= 0.6 is 0 Å². The molecule has 3 amide bonds. The topological polar surface area (TPSA) is 88.5 Å². The number of amides is 3. The Balaban J connectivity index is 1.56. The van der Waals surface area contributed by atoms with Crippen molar-refractivity contribution in [3.05, 3.63) is 29.3 Å². The van der Waals surface area contributed by atoms with Crippen LogP contribution in [0.1, 0.15) is 50.7 Å². The molecule has 0 aromatic heterocycles. The number of carbonyl (C=O) groups excluding carboxylic acids is 2. The van der Waals surface area contributed by atoms with E-state index in [0.717, 1.165) is 18.9 Å². The molecule has 1 aromatic rings. The largest absolute Gasteiger partial charge is 0.417 e. The van der Waals surface area contributed by atoms with E-state index in [2.05, 4.69) is 10.6 Å². The highest BCUT2D eigenvalue weighted by Crippen LogP contribution is 2.47. The van der Waals surface area contributed by atoms with E-state index in [1.165, 1.54) is 12.1 Å². The molecule has 0 radical (unpaired) electrons. The number of piperidine rings is 1. The number of carbonyl (C=O) groups is 2. The van der Waals surface area contributed by atoms with E-state index in [0.29, 0.717) is 57.2 Å². The van der Waals surface area contributed by atoms with Crippen LogP contribution in [-0.2, 0) is 11.0 Å². The lowest BCUT2D eigenvalue weighted by Gasteiger charge is -2.42. The molecule has 4 rings (SSSR count). The second-order valence-corrected chi connectivity index (χ2v) is 10.4. The van der Waals surface area contributed by atoms with Crippen molar-refractivity contribution < 1.29 is 22.8 Å². The molecule has 10 heteroatoms. The van der Waals surface area contributed by atoms with Gasteiger partial charge in [0.25, 0.3) is 0 Å². The van der Waals surface area contributed by atoms with Gasteiger partial charge < -0.3 is 20.4 Å². The van der Waals surface area contributed by atoms with Crippen LogP contribution in [0.5, 0.6) is 0 Å². The lowest BCUT2D eigenvalue weighted by Crippen LogP contribution is -2.52. The van der Waals surface area contributed by atoms with E-state index in [-0.39, 0.29) is 23.9 Å². The zero-order valence-corrected chi connectivity index (χ0v) is 20.1. The Morgan fingerprint density at radius 1 is 1.23 bits per heavy atom. The van der Waals surface area contributed by atoms with Crippen molar-refractivity contribution in [1.29, 1.82) is 5.26 Å². The Labute approximate surface area is 203 Å². The van der Waals surface area contributed by atoms with Crippen molar-refractivity contribution >= 4 is 17.6 Å². The SMILES string of the molecule is CC(C)NC(=O)N1CCC2(CC1)CN(c1ccc(C#N)c(C(F)(F)F)c1)CC2C(=O)NCC1CC1. The summed E-state index contributed by atoms with van der Waals surface area (Å²) >= 11 is 0. The molecule has 2 saturated heterocycles. The summed E-state index contributed by atoms with van der Waals surface area (Å²) in [6.07, 6.45) is -1.24. The first-order valence-corrected chi connectivity index (χ1v) is 12.2. The molecular weight excluding hydrogens is 459 g/mol. The molecule has 35 heavy (non-hydrogen) atoms. The number of alkyl halides is 3. The molecule has 1 saturated carbocycles. The molecule has 3 fully saturated rings. The van der Waals surface area contributed by atoms with Crippen molar-refractivity contribution in [3.63, 3.8) is 0 Å². The van der Waals surface area contributed by atoms with Gasteiger partial charge in [-0.1, -0.05) is 0 Å². The van der Waals surface area contributed by atoms with E-state index in [1.807, 2.05) is 18.7 Å². The van der Waals surface area contributed by atoms with Gasteiger partial charge >= 0.3 is 12.2 Å². The summed E-state index contributed by atoms with van der Waals surface area (Å²) in [6.45, 7) is 6.12. The molecule has 2 N–H and O–H groups in total. The summed E-state index contributed by atoms with van der Waals surface area (Å²) in [4.78, 5) is 29.3. The summed E-state index contributed by atoms with van der Waals surface area (Å²) < 4.78 is 40.7. The standard InChI is InChI=1S/C25H32F3N5O2/c1-16(2)31-23(35)32-9-7-24(8-10-32)15-33(14-21(24)22(34)30-13-17-3-4-17)19-6-5-18(12-29)20(11-19)25(26,27)28/h5-6,11,16-17,21H,3-4,7-10,13-15H2,1-2H3,(H,30,34)(H,31,35). The predicted molar refractivity (Wildman–Crippen MR) is 125 cm³/mol. The van der Waals surface area contributed by atoms with E-state index >= 15 is 0 Å². The monoisotopic (exact) mass is 491 g/mol. The molecular formula is C25H32F3N5O2. The number of halogens is 3. The Morgan fingerprint density at radius 3 is 2.49 bits per heavy atom. The van der Waals surface area contributed by atoms with Crippen LogP contribution in [0, 0.1) is 28.6 Å². The van der Waals surface area contributed by atoms with E-state index in [1.54, 1.807) is 11.0 Å². The fraction of sp³-hybridized carbons (Fsp3) is 0.640. The molecule has 1 unspecified atom stereocenters. The first kappa shape index (κ1) is 25.1. The van der Waals surface area contributed by atoms with Crippen LogP contribution in [0.2, 0.25) is 0 Å². The maximum atomic E-state index is 13.6. The molecule has 2 aliphatic heterocycles. The van der Waals surface area contributed by atoms with Gasteiger partial charge in [0.2, 0.25) is 5.91 Å². The number of nitriles is 1. The quantitative estimate of drug-likeness (QED) is 0.657. The highest BCUT2D eigenvalue weighted by molar-refractivity contribution is 5.81. The first-order valence-electron chi connectivity index (χ1n) is 12.2. The molecule has 190 valence electrons. The molecule has 1 spiro atoms. The van der Waals surface area contributed by atoms with Gasteiger partial charge in [0, 0.05) is 49.9 Å². The normalized spacial score (nSPS) is 21.8. The number of benzene rings is 1. The molecule has 1 aromatic carbocycles. The van der Waals surface area contributed by atoms with Crippen LogP contribution < -0.4 is 15.5 Å². The fourth-order valence-electron chi connectivity index (χ4n) is 5.28. The Bertz CT molecular complexity index is 1010. The Kier molecular flexibility index (Phi) is 6.89. The Morgan fingerprint density at radius 2 is 1.91 bits per heavy atom. The van der Waals surface area contributed by atoms with Gasteiger partial charge in [-0.3, -0.25) is 4.79 Å². The van der Waals surface area contributed by atoms with Crippen LogP contribution in [0.3, 0.4) is 0 Å². The number of rotatable bonds is 5. The summed E-state index contributed by atoms with van der Waals surface area (Å²) in [5.74, 6) is 0.0626. The van der Waals surface area contributed by atoms with Crippen molar-refractivity contribution in [2.75, 3.05) is 37.6 Å². The molecule has 3 aliphatic rings. The third-order valence-electron chi connectivity index (χ3n) is 7.48. The van der Waals surface area contributed by atoms with Gasteiger partial charge in [-0.05, 0) is 63.6 Å². The average Bonchev–Trinajstić information content (AvgIpc) is 3.57. The molecule has 1 aliphatic carbocycles. The predicted octanol–water partition coefficient (Wildman–Crippen LogP) is 3.74. The molecule has 0 bridgehead atoms. The highest BCUT2D eigenvalue weighted by Gasteiger charge is 2.52. The number of hydrogen-bond acceptors (Lipinski definition) is 4. The highest BCUT2D eigenvalue weighted by atomic mass is 19.4. The molecule has 7 nitrogen and oxygen atoms in total. The fourth-order valence-corrected chi connectivity index (χ4v) is 5.28. The third kappa shape index (κ3) is 5.49. The second kappa shape index (κ2) is 9.59. The zero-order chi connectivity index (χ0) is 25.4. The van der Waals surface area contributed by atoms with E-state index in [9.17, 15) is 22.8 Å². The lowest BCUT2D eigenvalue weighted by molar-refractivity contribution is -0.137. The van der Waals surface area contributed by atoms with Crippen LogP contribution in [-0.4, -0.2) is 55.6 Å². The zero-order valence-electron chi connectivity index (χ0n) is 20.1. The smallest absolute Gasteiger partial charge is 0.370 e. The van der Waals surface area contributed by atoms with Gasteiger partial charge in [-0.25, -0.2) is 4.79 Å². The van der Waals surface area contributed by atoms with Crippen molar-refractivity contribution in [2.24, 2.45) is 17.3 Å². The minimum absolute atomic E-state index is 0.0144. The summed E-state index contributed by atoms with van der Waals surface area (Å²) in [7, 11) is 0. The van der Waals surface area contributed by atoms with Gasteiger partial charge in [-0.15, -0.1) is 0 Å². The molecule has 1 atom stereocenters. The first-order chi connectivity index (χ1) is 16.5. The Hall–Kier alpha value is -2.96. The van der Waals surface area contributed by atoms with Crippen molar-refractivity contribution in [2.45, 2.75) is 51.7 Å². The van der Waals surface area contributed by atoms with Crippen LogP contribution in [0.25, 0.3) is 0 Å². The maximum Gasteiger partial charge on any atom is 0.417 e. The number of anilines is 1. The summed E-state index contributed by atoms with van der Waals surface area (Å²) in [6, 6.07) is 5.24. The van der Waals surface area contributed by atoms with Gasteiger partial charge in [0.15, 0.2) is 0 Å². The number of likely N-dealkylation sites (tertiary alicyclic amines) is 1. The average molecular weight is 492 g/mol.